The normalized spacial score (nSPS) is 13.3. The lowest BCUT2D eigenvalue weighted by molar-refractivity contribution is -0.123. The van der Waals surface area contributed by atoms with Crippen molar-refractivity contribution in [2.24, 2.45) is 0 Å². The predicted molar refractivity (Wildman–Crippen MR) is 82.2 cm³/mol. The molecule has 0 saturated heterocycles. The van der Waals surface area contributed by atoms with Crippen LogP contribution in [0, 0.1) is 0 Å². The summed E-state index contributed by atoms with van der Waals surface area (Å²) in [5, 5.41) is 3.29. The first-order valence-electron chi connectivity index (χ1n) is 6.57. The minimum absolute atomic E-state index is 0.104. The van der Waals surface area contributed by atoms with Crippen LogP contribution in [0.4, 0.5) is 11.5 Å². The molecule has 1 aromatic carbocycles. The smallest absolute Gasteiger partial charge is 0.266 e. The van der Waals surface area contributed by atoms with Gasteiger partial charge in [0.1, 0.15) is 6.54 Å². The van der Waals surface area contributed by atoms with E-state index in [2.05, 4.69) is 10.3 Å². The number of ether oxygens (including phenoxy) is 1. The maximum absolute atomic E-state index is 12.1. The van der Waals surface area contributed by atoms with Crippen molar-refractivity contribution in [2.75, 3.05) is 23.4 Å². The standard InChI is InChI=1S/C15H12ClN3O3/c16-10-3-5-11(6-4-10)18-13(20)8-19-14(21)9-22-12-2-1-7-17-15(12)19/h1-7H,8-9H2,(H,18,20). The van der Waals surface area contributed by atoms with Crippen LogP contribution in [0.15, 0.2) is 42.6 Å². The van der Waals surface area contributed by atoms with Crippen molar-refractivity contribution < 1.29 is 14.3 Å². The van der Waals surface area contributed by atoms with Crippen molar-refractivity contribution in [2.45, 2.75) is 0 Å². The van der Waals surface area contributed by atoms with Gasteiger partial charge in [-0.2, -0.15) is 0 Å². The second-order valence-electron chi connectivity index (χ2n) is 4.65. The number of nitrogens with one attached hydrogen (secondary N) is 1. The number of hydrogen-bond donors (Lipinski definition) is 1. The highest BCUT2D eigenvalue weighted by molar-refractivity contribution is 6.30. The molecule has 0 saturated carbocycles. The summed E-state index contributed by atoms with van der Waals surface area (Å²) >= 11 is 5.79. The largest absolute Gasteiger partial charge is 0.480 e. The fraction of sp³-hybridized carbons (Fsp3) is 0.133. The summed E-state index contributed by atoms with van der Waals surface area (Å²) in [6.07, 6.45) is 1.55. The number of anilines is 2. The van der Waals surface area contributed by atoms with Crippen LogP contribution in [0.1, 0.15) is 0 Å². The average Bonchev–Trinajstić information content (AvgIpc) is 2.52. The number of amides is 2. The molecule has 0 spiro atoms. The Labute approximate surface area is 131 Å². The molecule has 0 radical (unpaired) electrons. The van der Waals surface area contributed by atoms with Crippen LogP contribution in [-0.2, 0) is 9.59 Å². The Hall–Kier alpha value is -2.60. The molecule has 2 amide bonds. The van der Waals surface area contributed by atoms with Gasteiger partial charge in [0, 0.05) is 16.9 Å². The highest BCUT2D eigenvalue weighted by Crippen LogP contribution is 2.28. The minimum atomic E-state index is -0.325. The van der Waals surface area contributed by atoms with E-state index in [-0.39, 0.29) is 25.0 Å². The topological polar surface area (TPSA) is 71.5 Å². The van der Waals surface area contributed by atoms with Gasteiger partial charge < -0.3 is 10.1 Å². The lowest BCUT2D eigenvalue weighted by atomic mass is 10.3. The van der Waals surface area contributed by atoms with Gasteiger partial charge in [-0.25, -0.2) is 4.98 Å². The zero-order chi connectivity index (χ0) is 15.5. The Morgan fingerprint density at radius 2 is 2.09 bits per heavy atom. The summed E-state index contributed by atoms with van der Waals surface area (Å²) in [5.41, 5.74) is 0.608. The van der Waals surface area contributed by atoms with Crippen LogP contribution in [0.25, 0.3) is 0 Å². The van der Waals surface area contributed by atoms with Gasteiger partial charge >= 0.3 is 0 Å². The summed E-state index contributed by atoms with van der Waals surface area (Å²) in [5.74, 6) is 0.207. The molecule has 7 heteroatoms. The van der Waals surface area contributed by atoms with Gasteiger partial charge in [0.2, 0.25) is 5.91 Å². The third-order valence-corrected chi connectivity index (χ3v) is 3.34. The van der Waals surface area contributed by atoms with Gasteiger partial charge in [0.05, 0.1) is 0 Å². The van der Waals surface area contributed by atoms with Crippen molar-refractivity contribution in [3.05, 3.63) is 47.6 Å². The van der Waals surface area contributed by atoms with Crippen LogP contribution in [0.2, 0.25) is 5.02 Å². The van der Waals surface area contributed by atoms with Crippen LogP contribution < -0.4 is 15.0 Å². The first kappa shape index (κ1) is 14.3. The number of nitrogens with zero attached hydrogens (tertiary/aromatic N) is 2. The lowest BCUT2D eigenvalue weighted by Crippen LogP contribution is -2.43. The number of benzene rings is 1. The molecule has 22 heavy (non-hydrogen) atoms. The van der Waals surface area contributed by atoms with Gasteiger partial charge in [-0.05, 0) is 36.4 Å². The molecule has 1 aliphatic heterocycles. The maximum Gasteiger partial charge on any atom is 0.266 e. The number of aromatic nitrogens is 1. The van der Waals surface area contributed by atoms with E-state index in [1.54, 1.807) is 42.6 Å². The summed E-state index contributed by atoms with van der Waals surface area (Å²) in [6.45, 7) is -0.234. The molecule has 3 rings (SSSR count). The van der Waals surface area contributed by atoms with Crippen LogP contribution in [0.5, 0.6) is 5.75 Å². The van der Waals surface area contributed by atoms with E-state index >= 15 is 0 Å². The summed E-state index contributed by atoms with van der Waals surface area (Å²) < 4.78 is 5.28. The molecule has 1 aliphatic rings. The summed E-state index contributed by atoms with van der Waals surface area (Å²) in [4.78, 5) is 29.5. The van der Waals surface area contributed by atoms with Crippen molar-refractivity contribution in [3.63, 3.8) is 0 Å². The third-order valence-electron chi connectivity index (χ3n) is 3.09. The molecule has 1 aromatic heterocycles. The number of pyridine rings is 1. The second-order valence-corrected chi connectivity index (χ2v) is 5.09. The first-order chi connectivity index (χ1) is 10.6. The lowest BCUT2D eigenvalue weighted by Gasteiger charge is -2.27. The van der Waals surface area contributed by atoms with E-state index in [1.807, 2.05) is 0 Å². The number of rotatable bonds is 3. The first-order valence-corrected chi connectivity index (χ1v) is 6.95. The molecule has 0 aliphatic carbocycles. The van der Waals surface area contributed by atoms with Gasteiger partial charge in [-0.3, -0.25) is 14.5 Å². The Balaban J connectivity index is 1.73. The van der Waals surface area contributed by atoms with Gasteiger partial charge in [-0.15, -0.1) is 0 Å². The Morgan fingerprint density at radius 1 is 1.32 bits per heavy atom. The summed E-state index contributed by atoms with van der Waals surface area (Å²) in [7, 11) is 0. The quantitative estimate of drug-likeness (QED) is 0.941. The Bertz CT molecular complexity index is 718. The van der Waals surface area contributed by atoms with Crippen molar-refractivity contribution in [1.82, 2.24) is 4.98 Å². The molecule has 0 atom stereocenters. The predicted octanol–water partition coefficient (Wildman–Crippen LogP) is 2.10. The molecule has 2 heterocycles. The van der Waals surface area contributed by atoms with Crippen molar-refractivity contribution in [3.8, 4) is 5.75 Å². The van der Waals surface area contributed by atoms with Crippen LogP contribution in [-0.4, -0.2) is 29.9 Å². The molecule has 0 unspecified atom stereocenters. The highest BCUT2D eigenvalue weighted by Gasteiger charge is 2.28. The van der Waals surface area contributed by atoms with E-state index in [1.165, 1.54) is 4.90 Å². The fourth-order valence-corrected chi connectivity index (χ4v) is 2.20. The Morgan fingerprint density at radius 3 is 2.86 bits per heavy atom. The maximum atomic E-state index is 12.1. The average molecular weight is 318 g/mol. The number of fused-ring (bicyclic) bond motifs is 1. The number of hydrogen-bond acceptors (Lipinski definition) is 4. The van der Waals surface area contributed by atoms with Gasteiger partial charge in [-0.1, -0.05) is 11.6 Å². The minimum Gasteiger partial charge on any atom is -0.480 e. The van der Waals surface area contributed by atoms with Crippen molar-refractivity contribution >= 4 is 34.9 Å². The van der Waals surface area contributed by atoms with E-state index in [4.69, 9.17) is 16.3 Å². The molecule has 0 fully saturated rings. The second kappa shape index (κ2) is 6.03. The molecular formula is C15H12ClN3O3. The molecular weight excluding hydrogens is 306 g/mol. The SMILES string of the molecule is O=C(CN1C(=O)COc2cccnc21)Nc1ccc(Cl)cc1. The monoisotopic (exact) mass is 317 g/mol. The highest BCUT2D eigenvalue weighted by atomic mass is 35.5. The summed E-state index contributed by atoms with van der Waals surface area (Å²) in [6, 6.07) is 10.1. The molecule has 1 N–H and O–H groups in total. The van der Waals surface area contributed by atoms with Crippen LogP contribution in [0.3, 0.4) is 0 Å². The van der Waals surface area contributed by atoms with Gasteiger partial charge in [0.25, 0.3) is 5.91 Å². The molecule has 6 nitrogen and oxygen atoms in total. The number of halogens is 1. The van der Waals surface area contributed by atoms with E-state index in [0.29, 0.717) is 22.3 Å². The zero-order valence-electron chi connectivity index (χ0n) is 11.5. The van der Waals surface area contributed by atoms with E-state index in [9.17, 15) is 9.59 Å². The molecule has 112 valence electrons. The van der Waals surface area contributed by atoms with Crippen LogP contribution >= 0.6 is 11.6 Å². The third kappa shape index (κ3) is 3.01. The van der Waals surface area contributed by atoms with Crippen molar-refractivity contribution in [1.29, 1.82) is 0 Å². The molecule has 0 bridgehead atoms. The molecule has 2 aromatic rings. The zero-order valence-corrected chi connectivity index (χ0v) is 12.2. The number of carbonyl (C=O) groups is 2. The Kier molecular flexibility index (Phi) is 3.93. The fourth-order valence-electron chi connectivity index (χ4n) is 2.07. The van der Waals surface area contributed by atoms with E-state index in [0.717, 1.165) is 0 Å². The number of carbonyl (C=O) groups excluding carboxylic acids is 2. The van der Waals surface area contributed by atoms with Gasteiger partial charge in [0.15, 0.2) is 18.2 Å². The van der Waals surface area contributed by atoms with E-state index < -0.39 is 0 Å².